The zero-order valence-electron chi connectivity index (χ0n) is 19.5. The molecule has 0 bridgehead atoms. The molecule has 2 aromatic rings. The van der Waals surface area contributed by atoms with Crippen molar-refractivity contribution in [2.75, 3.05) is 44.8 Å². The Bertz CT molecular complexity index is 913. The molecule has 2 aromatic heterocycles. The van der Waals surface area contributed by atoms with E-state index in [0.29, 0.717) is 56.0 Å². The van der Waals surface area contributed by atoms with Crippen molar-refractivity contribution < 1.29 is 9.47 Å². The van der Waals surface area contributed by atoms with Gasteiger partial charge >= 0.3 is 0 Å². The number of aromatic nitrogens is 3. The van der Waals surface area contributed by atoms with Crippen molar-refractivity contribution in [3.8, 4) is 0 Å². The summed E-state index contributed by atoms with van der Waals surface area (Å²) >= 11 is 6.36. The van der Waals surface area contributed by atoms with Gasteiger partial charge in [-0.05, 0) is 37.6 Å². The lowest BCUT2D eigenvalue weighted by atomic mass is 9.99. The molecule has 1 saturated carbocycles. The Morgan fingerprint density at radius 2 is 1.97 bits per heavy atom. The van der Waals surface area contributed by atoms with E-state index in [0.717, 1.165) is 55.8 Å². The fourth-order valence-electron chi connectivity index (χ4n) is 4.29. The van der Waals surface area contributed by atoms with E-state index in [1.807, 2.05) is 4.52 Å². The fraction of sp³-hybridized carbons (Fsp3) is 0.727. The van der Waals surface area contributed by atoms with Gasteiger partial charge in [-0.15, -0.1) is 0 Å². The number of nitrogens with zero attached hydrogens (tertiary/aromatic N) is 6. The number of hydrogen-bond acceptors (Lipinski definition) is 7. The van der Waals surface area contributed by atoms with Gasteiger partial charge in [0.1, 0.15) is 10.8 Å². The highest BCUT2D eigenvalue weighted by Gasteiger charge is 2.25. The van der Waals surface area contributed by atoms with Crippen molar-refractivity contribution in [3.05, 3.63) is 33.4 Å². The standard InChI is InChI=1S/C22H35ClN8O2/c1-3-16(4-2)20-14-21(31-22(29-20)19(23)15-27-31)28-18-6-5-17(13-18)25-7-9-32-11-12-33-10-8-26-30-24/h14-18,25,28H,3-13H2,1-2H3/t17?,18-/m0/s1. The lowest BCUT2D eigenvalue weighted by Gasteiger charge is -2.19. The van der Waals surface area contributed by atoms with Crippen LogP contribution < -0.4 is 10.6 Å². The molecule has 3 rings (SSSR count). The fourth-order valence-corrected chi connectivity index (χ4v) is 4.45. The van der Waals surface area contributed by atoms with Gasteiger partial charge in [0, 0.05) is 47.8 Å². The molecule has 1 unspecified atom stereocenters. The Morgan fingerprint density at radius 3 is 2.73 bits per heavy atom. The van der Waals surface area contributed by atoms with Crippen LogP contribution >= 0.6 is 11.6 Å². The second-order valence-corrected chi connectivity index (χ2v) is 8.70. The summed E-state index contributed by atoms with van der Waals surface area (Å²) in [6.45, 7) is 7.67. The van der Waals surface area contributed by atoms with Crippen LogP contribution in [-0.2, 0) is 9.47 Å². The molecule has 2 N–H and O–H groups in total. The highest BCUT2D eigenvalue weighted by atomic mass is 35.5. The topological polar surface area (TPSA) is 121 Å². The highest BCUT2D eigenvalue weighted by Crippen LogP contribution is 2.29. The quantitative estimate of drug-likeness (QED) is 0.167. The normalized spacial score (nSPS) is 18.2. The van der Waals surface area contributed by atoms with Gasteiger partial charge in [0.15, 0.2) is 5.65 Å². The molecule has 2 heterocycles. The minimum absolute atomic E-state index is 0.354. The first-order valence-corrected chi connectivity index (χ1v) is 12.2. The van der Waals surface area contributed by atoms with Crippen LogP contribution in [0.15, 0.2) is 17.4 Å². The van der Waals surface area contributed by atoms with Gasteiger partial charge in [0.2, 0.25) is 0 Å². The molecule has 1 fully saturated rings. The van der Waals surface area contributed by atoms with Crippen molar-refractivity contribution in [2.24, 2.45) is 5.11 Å². The van der Waals surface area contributed by atoms with Crippen molar-refractivity contribution in [1.82, 2.24) is 19.9 Å². The maximum Gasteiger partial charge on any atom is 0.176 e. The van der Waals surface area contributed by atoms with E-state index in [4.69, 9.17) is 31.6 Å². The van der Waals surface area contributed by atoms with Gasteiger partial charge in [-0.3, -0.25) is 0 Å². The maximum absolute atomic E-state index is 8.19. The lowest BCUT2D eigenvalue weighted by molar-refractivity contribution is 0.0512. The minimum Gasteiger partial charge on any atom is -0.379 e. The van der Waals surface area contributed by atoms with Gasteiger partial charge in [-0.1, -0.05) is 30.6 Å². The van der Waals surface area contributed by atoms with Crippen LogP contribution in [0.5, 0.6) is 0 Å². The molecule has 182 valence electrons. The van der Waals surface area contributed by atoms with Crippen LogP contribution in [0.3, 0.4) is 0 Å². The SMILES string of the molecule is CCC(CC)c1cc(N[C@H]2CCC(NCCOCCOCCN=[N+]=[N-])C2)n2ncc(Cl)c2n1. The maximum atomic E-state index is 8.19. The van der Waals surface area contributed by atoms with E-state index in [2.05, 4.69) is 45.7 Å². The first-order valence-electron chi connectivity index (χ1n) is 11.9. The first-order chi connectivity index (χ1) is 16.2. The number of nitrogens with one attached hydrogen (secondary N) is 2. The van der Waals surface area contributed by atoms with Crippen LogP contribution in [-0.4, -0.2) is 66.2 Å². The summed E-state index contributed by atoms with van der Waals surface area (Å²) in [7, 11) is 0. The summed E-state index contributed by atoms with van der Waals surface area (Å²) in [6.07, 6.45) is 7.01. The second-order valence-electron chi connectivity index (χ2n) is 8.29. The van der Waals surface area contributed by atoms with E-state index in [-0.39, 0.29) is 0 Å². The predicted molar refractivity (Wildman–Crippen MR) is 130 cm³/mol. The molecular formula is C22H35ClN8O2. The van der Waals surface area contributed by atoms with E-state index in [9.17, 15) is 0 Å². The molecule has 11 heteroatoms. The Labute approximate surface area is 200 Å². The summed E-state index contributed by atoms with van der Waals surface area (Å²) in [5.74, 6) is 1.37. The third-order valence-corrected chi connectivity index (χ3v) is 6.35. The Balaban J connectivity index is 1.43. The van der Waals surface area contributed by atoms with Crippen molar-refractivity contribution in [1.29, 1.82) is 0 Å². The Hall–Kier alpha value is -2.10. The molecule has 33 heavy (non-hydrogen) atoms. The van der Waals surface area contributed by atoms with E-state index < -0.39 is 0 Å². The number of rotatable bonds is 15. The van der Waals surface area contributed by atoms with Gasteiger partial charge in [0.25, 0.3) is 0 Å². The van der Waals surface area contributed by atoms with Crippen LogP contribution in [0.1, 0.15) is 57.6 Å². The van der Waals surface area contributed by atoms with E-state index >= 15 is 0 Å². The number of halogens is 1. The Morgan fingerprint density at radius 1 is 1.21 bits per heavy atom. The molecule has 2 atom stereocenters. The largest absolute Gasteiger partial charge is 0.379 e. The summed E-state index contributed by atoms with van der Waals surface area (Å²) in [6, 6.07) is 2.97. The van der Waals surface area contributed by atoms with E-state index in [1.54, 1.807) is 6.20 Å². The van der Waals surface area contributed by atoms with E-state index in [1.165, 1.54) is 0 Å². The number of hydrogen-bond donors (Lipinski definition) is 2. The molecule has 0 aromatic carbocycles. The average molecular weight is 479 g/mol. The zero-order valence-corrected chi connectivity index (χ0v) is 20.3. The second kappa shape index (κ2) is 13.6. The first kappa shape index (κ1) is 25.5. The summed E-state index contributed by atoms with van der Waals surface area (Å²) < 4.78 is 12.7. The van der Waals surface area contributed by atoms with Crippen molar-refractivity contribution in [3.63, 3.8) is 0 Å². The van der Waals surface area contributed by atoms with Crippen LogP contribution in [0.2, 0.25) is 5.02 Å². The number of fused-ring (bicyclic) bond motifs is 1. The smallest absolute Gasteiger partial charge is 0.176 e. The van der Waals surface area contributed by atoms with Crippen molar-refractivity contribution >= 4 is 23.1 Å². The molecular weight excluding hydrogens is 444 g/mol. The molecule has 1 aliphatic carbocycles. The van der Waals surface area contributed by atoms with Gasteiger partial charge in [-0.25, -0.2) is 4.98 Å². The van der Waals surface area contributed by atoms with Gasteiger partial charge in [0.05, 0.1) is 32.6 Å². The summed E-state index contributed by atoms with van der Waals surface area (Å²) in [5.41, 5.74) is 9.99. The van der Waals surface area contributed by atoms with Gasteiger partial charge < -0.3 is 20.1 Å². The van der Waals surface area contributed by atoms with Crippen LogP contribution in [0.25, 0.3) is 16.1 Å². The predicted octanol–water partition coefficient (Wildman–Crippen LogP) is 4.55. The molecule has 1 aliphatic rings. The molecule has 0 saturated heterocycles. The molecule has 0 radical (unpaired) electrons. The number of anilines is 1. The Kier molecular flexibility index (Phi) is 10.5. The van der Waals surface area contributed by atoms with Crippen molar-refractivity contribution in [2.45, 2.75) is 64.0 Å². The lowest BCUT2D eigenvalue weighted by Crippen LogP contribution is -2.31. The third-order valence-electron chi connectivity index (χ3n) is 6.09. The molecule has 0 aliphatic heterocycles. The van der Waals surface area contributed by atoms with Crippen LogP contribution in [0.4, 0.5) is 5.82 Å². The van der Waals surface area contributed by atoms with Gasteiger partial charge in [-0.2, -0.15) is 9.61 Å². The molecule has 10 nitrogen and oxygen atoms in total. The number of azide groups is 1. The summed E-state index contributed by atoms with van der Waals surface area (Å²) in [5, 5.41) is 15.7. The minimum atomic E-state index is 0.354. The zero-order chi connectivity index (χ0) is 23.5. The molecule has 0 spiro atoms. The van der Waals surface area contributed by atoms with Crippen LogP contribution in [0, 0.1) is 0 Å². The number of ether oxygens (including phenoxy) is 2. The average Bonchev–Trinajstić information content (AvgIpc) is 3.42. The monoisotopic (exact) mass is 478 g/mol. The highest BCUT2D eigenvalue weighted by molar-refractivity contribution is 6.33. The summed E-state index contributed by atoms with van der Waals surface area (Å²) in [4.78, 5) is 7.47. The molecule has 0 amide bonds. The third kappa shape index (κ3) is 7.45.